The predicted octanol–water partition coefficient (Wildman–Crippen LogP) is 17.0. The van der Waals surface area contributed by atoms with Gasteiger partial charge in [0.2, 0.25) is 0 Å². The molecule has 0 fully saturated rings. The molecule has 1 N–H and O–H groups in total. The van der Waals surface area contributed by atoms with E-state index in [1.165, 1.54) is 101 Å². The highest BCUT2D eigenvalue weighted by Gasteiger charge is 2.36. The first-order valence-electron chi connectivity index (χ1n) is 25.6. The van der Waals surface area contributed by atoms with Gasteiger partial charge in [0.15, 0.2) is 11.6 Å². The van der Waals surface area contributed by atoms with Gasteiger partial charge < -0.3 is 14.8 Å². The van der Waals surface area contributed by atoms with Crippen LogP contribution in [0.15, 0.2) is 156 Å². The lowest BCUT2D eigenvalue weighted by Gasteiger charge is -2.20. The van der Waals surface area contributed by atoms with E-state index in [1.54, 1.807) is 6.92 Å². The molecule has 0 saturated heterocycles. The topological polar surface area (TPSA) is 122 Å². The Labute approximate surface area is 439 Å². The van der Waals surface area contributed by atoms with Crippen LogP contribution in [0.5, 0.6) is 0 Å². The Bertz CT molecular complexity index is 2410. The zero-order valence-electron chi connectivity index (χ0n) is 47.4. The van der Waals surface area contributed by atoms with Gasteiger partial charge in [-0.3, -0.25) is 9.59 Å². The molecule has 6 aromatic rings. The van der Waals surface area contributed by atoms with Gasteiger partial charge in [0, 0.05) is 43.4 Å². The lowest BCUT2D eigenvalue weighted by molar-refractivity contribution is -0.141. The molecule has 0 saturated carbocycles. The Balaban J connectivity index is 0.000000443. The van der Waals surface area contributed by atoms with Crippen molar-refractivity contribution in [1.82, 2.24) is 0 Å². The van der Waals surface area contributed by atoms with E-state index in [0.717, 1.165) is 0 Å². The first-order valence-corrected chi connectivity index (χ1v) is 25.6. The lowest BCUT2D eigenvalue weighted by Crippen LogP contribution is -2.14. The van der Waals surface area contributed by atoms with Crippen molar-refractivity contribution >= 4 is 34.7 Å². The van der Waals surface area contributed by atoms with Crippen molar-refractivity contribution in [3.05, 3.63) is 179 Å². The molecule has 0 unspecified atom stereocenters. The molecule has 0 heterocycles. The van der Waals surface area contributed by atoms with Crippen molar-refractivity contribution in [2.24, 2.45) is 10.3 Å². The van der Waals surface area contributed by atoms with Crippen LogP contribution in [0.4, 0.5) is 0 Å². The monoisotopic (exact) mass is 989 g/mol. The molecule has 3 aliphatic rings. The fraction of sp³-hybridized carbons (Fsp3) is 0.354. The standard InChI is InChI=1S/3C15H14.C6H9NO3.C4H7NO2.C4H8O.3C2H6/c3*1-15(2)13-9-5-3-7-11(13)12-8-4-6-10-14(12)15;1-4(5(2)8)7-10-6(3)9;1-3(5-7)4(2)6;1-3-4(2)5;3*1-2/h3*3-10H,1-2H3;1-3H3;7H,1-2H3;3H2,1-2H3;3*1-2H3/b;;;7-4+;5-3+;;;;. The highest BCUT2D eigenvalue weighted by molar-refractivity contribution is 6.38. The first-order chi connectivity index (χ1) is 34.6. The van der Waals surface area contributed by atoms with Crippen molar-refractivity contribution in [2.75, 3.05) is 0 Å². The van der Waals surface area contributed by atoms with Gasteiger partial charge in [-0.05, 0) is 87.5 Å². The van der Waals surface area contributed by atoms with Crippen molar-refractivity contribution in [3.8, 4) is 33.4 Å². The average Bonchev–Trinajstić information content (AvgIpc) is 3.90. The van der Waals surface area contributed by atoms with Crippen LogP contribution in [-0.4, -0.2) is 39.9 Å². The molecule has 9 rings (SSSR count). The molecular weight excluding hydrogens is 905 g/mol. The molecule has 0 aliphatic heterocycles. The van der Waals surface area contributed by atoms with Crippen molar-refractivity contribution in [1.29, 1.82) is 0 Å². The maximum Gasteiger partial charge on any atom is 0.331 e. The summed E-state index contributed by atoms with van der Waals surface area (Å²) in [7, 11) is 0. The second-order valence-electron chi connectivity index (χ2n) is 18.3. The fourth-order valence-electron chi connectivity index (χ4n) is 8.28. The molecule has 390 valence electrons. The Morgan fingerprint density at radius 3 is 0.726 bits per heavy atom. The smallest absolute Gasteiger partial charge is 0.331 e. The van der Waals surface area contributed by atoms with Crippen molar-refractivity contribution in [3.63, 3.8) is 0 Å². The second kappa shape index (κ2) is 30.7. The van der Waals surface area contributed by atoms with Gasteiger partial charge in [-0.1, -0.05) is 246 Å². The molecule has 0 amide bonds. The van der Waals surface area contributed by atoms with Gasteiger partial charge in [-0.2, -0.15) is 0 Å². The SMILES string of the molecule is CC.CC.CC.CC(=O)/C(C)=N/O.CC(=O)O/N=C(\C)C(C)=O.CC1(C)c2ccccc2-c2ccccc21.CC1(C)c2ccccc2-c2ccccc21.CC1(C)c2ccccc2-c2ccccc21.CCC(C)=O. The molecule has 0 bridgehead atoms. The summed E-state index contributed by atoms with van der Waals surface area (Å²) in [5.41, 5.74) is 17.9. The van der Waals surface area contributed by atoms with E-state index in [1.807, 2.05) is 48.5 Å². The van der Waals surface area contributed by atoms with Crippen molar-refractivity contribution in [2.45, 2.75) is 154 Å². The number of carbonyl (C=O) groups is 4. The molecule has 8 nitrogen and oxygen atoms in total. The highest BCUT2D eigenvalue weighted by Crippen LogP contribution is 2.50. The molecule has 0 atom stereocenters. The Morgan fingerprint density at radius 1 is 0.397 bits per heavy atom. The Morgan fingerprint density at radius 2 is 0.589 bits per heavy atom. The largest absolute Gasteiger partial charge is 0.411 e. The number of hydrogen-bond acceptors (Lipinski definition) is 8. The number of fused-ring (bicyclic) bond motifs is 9. The maximum absolute atomic E-state index is 10.4. The maximum atomic E-state index is 10.4. The summed E-state index contributed by atoms with van der Waals surface area (Å²) in [6.45, 7) is 36.1. The summed E-state index contributed by atoms with van der Waals surface area (Å²) < 4.78 is 0. The highest BCUT2D eigenvalue weighted by atomic mass is 16.7. The quantitative estimate of drug-likeness (QED) is 0.0812. The molecule has 6 aromatic carbocycles. The third-order valence-corrected chi connectivity index (χ3v) is 12.5. The number of oxime groups is 2. The Hall–Kier alpha value is -7.06. The van der Waals surface area contributed by atoms with Gasteiger partial charge in [0.25, 0.3) is 0 Å². The van der Waals surface area contributed by atoms with Crippen LogP contribution in [0.3, 0.4) is 0 Å². The molecule has 3 aliphatic carbocycles. The summed E-state index contributed by atoms with van der Waals surface area (Å²) in [5, 5.41) is 13.8. The van der Waals surface area contributed by atoms with E-state index < -0.39 is 5.97 Å². The minimum absolute atomic E-state index is 0.139. The van der Waals surface area contributed by atoms with E-state index in [2.05, 4.69) is 202 Å². The third kappa shape index (κ3) is 16.7. The van der Waals surface area contributed by atoms with E-state index in [-0.39, 0.29) is 45.0 Å². The predicted molar refractivity (Wildman–Crippen MR) is 308 cm³/mol. The number of benzene rings is 6. The summed E-state index contributed by atoms with van der Waals surface area (Å²) in [5.74, 6) is -0.686. The number of nitrogens with zero attached hydrogens (tertiary/aromatic N) is 2. The fourth-order valence-corrected chi connectivity index (χ4v) is 8.28. The third-order valence-electron chi connectivity index (χ3n) is 12.5. The van der Waals surface area contributed by atoms with E-state index >= 15 is 0 Å². The first kappa shape index (κ1) is 64.0. The summed E-state index contributed by atoms with van der Waals surface area (Å²) in [6, 6.07) is 52.3. The number of hydrogen-bond donors (Lipinski definition) is 1. The van der Waals surface area contributed by atoms with Crippen LogP contribution >= 0.6 is 0 Å². The van der Waals surface area contributed by atoms with Gasteiger partial charge in [-0.15, -0.1) is 0 Å². The molecule has 0 spiro atoms. The van der Waals surface area contributed by atoms with E-state index in [9.17, 15) is 19.2 Å². The summed E-state index contributed by atoms with van der Waals surface area (Å²) in [4.78, 5) is 44.7. The van der Waals surface area contributed by atoms with Crippen molar-refractivity contribution < 1.29 is 29.2 Å². The molecule has 0 radical (unpaired) electrons. The van der Waals surface area contributed by atoms with Gasteiger partial charge >= 0.3 is 5.97 Å². The summed E-state index contributed by atoms with van der Waals surface area (Å²) >= 11 is 0. The zero-order chi connectivity index (χ0) is 55.7. The van der Waals surface area contributed by atoms with Crippen LogP contribution < -0.4 is 0 Å². The van der Waals surface area contributed by atoms with E-state index in [4.69, 9.17) is 5.21 Å². The lowest BCUT2D eigenvalue weighted by atomic mass is 9.82. The van der Waals surface area contributed by atoms with Crippen LogP contribution in [0.1, 0.15) is 171 Å². The van der Waals surface area contributed by atoms with Crippen LogP contribution in [-0.2, 0) is 40.3 Å². The molecule has 73 heavy (non-hydrogen) atoms. The molecular formula is C65H84N2O6. The number of rotatable bonds is 4. The normalized spacial score (nSPS) is 13.1. The van der Waals surface area contributed by atoms with Crippen LogP contribution in [0.25, 0.3) is 33.4 Å². The summed E-state index contributed by atoms with van der Waals surface area (Å²) in [6.07, 6.45) is 0.667. The van der Waals surface area contributed by atoms with Gasteiger partial charge in [-0.25, -0.2) is 4.79 Å². The van der Waals surface area contributed by atoms with Gasteiger partial charge in [0.05, 0.1) is 0 Å². The number of ketones is 3. The van der Waals surface area contributed by atoms with Crippen LogP contribution in [0.2, 0.25) is 0 Å². The van der Waals surface area contributed by atoms with E-state index in [0.29, 0.717) is 6.42 Å². The number of Topliss-reactive ketones (excluding diaryl/α,β-unsaturated/α-hetero) is 3. The minimum atomic E-state index is -0.527. The molecule has 0 aromatic heterocycles. The number of carbonyl (C=O) groups excluding carboxylic acids is 4. The minimum Gasteiger partial charge on any atom is -0.411 e. The Kier molecular flexibility index (Phi) is 26.9. The molecule has 8 heteroatoms. The van der Waals surface area contributed by atoms with Gasteiger partial charge in [0.1, 0.15) is 17.2 Å². The average molecular weight is 989 g/mol. The zero-order valence-corrected chi connectivity index (χ0v) is 47.4. The van der Waals surface area contributed by atoms with Crippen LogP contribution in [0, 0.1) is 0 Å². The second-order valence-corrected chi connectivity index (χ2v) is 18.3.